The number of rotatable bonds is 7. The summed E-state index contributed by atoms with van der Waals surface area (Å²) in [4.78, 5) is 15.4. The van der Waals surface area contributed by atoms with E-state index in [4.69, 9.17) is 4.74 Å². The highest BCUT2D eigenvalue weighted by atomic mass is 32.2. The van der Waals surface area contributed by atoms with Crippen LogP contribution in [0.5, 0.6) is 5.75 Å². The van der Waals surface area contributed by atoms with Crippen molar-refractivity contribution < 1.29 is 17.9 Å². The van der Waals surface area contributed by atoms with Crippen LogP contribution in [0.25, 0.3) is 0 Å². The van der Waals surface area contributed by atoms with E-state index in [-0.39, 0.29) is 16.8 Å². The van der Waals surface area contributed by atoms with Gasteiger partial charge < -0.3 is 9.64 Å². The first-order valence-electron chi connectivity index (χ1n) is 11.3. The molecule has 0 N–H and O–H groups in total. The lowest BCUT2D eigenvalue weighted by Gasteiger charge is -2.34. The summed E-state index contributed by atoms with van der Waals surface area (Å²) in [5, 5.41) is 0. The molecule has 7 heteroatoms. The summed E-state index contributed by atoms with van der Waals surface area (Å²) >= 11 is 0. The van der Waals surface area contributed by atoms with Crippen molar-refractivity contribution >= 4 is 15.9 Å². The van der Waals surface area contributed by atoms with Crippen LogP contribution < -0.4 is 4.74 Å². The largest absolute Gasteiger partial charge is 0.497 e. The summed E-state index contributed by atoms with van der Waals surface area (Å²) in [7, 11) is -1.92. The highest BCUT2D eigenvalue weighted by Gasteiger charge is 2.34. The number of hydrogen-bond donors (Lipinski definition) is 0. The van der Waals surface area contributed by atoms with Gasteiger partial charge in [0.15, 0.2) is 0 Å². The lowest BCUT2D eigenvalue weighted by Crippen LogP contribution is -2.42. The minimum absolute atomic E-state index is 0.0625. The predicted molar refractivity (Wildman–Crippen MR) is 124 cm³/mol. The van der Waals surface area contributed by atoms with Crippen LogP contribution in [-0.2, 0) is 16.6 Å². The first-order valence-corrected chi connectivity index (χ1v) is 12.8. The van der Waals surface area contributed by atoms with Gasteiger partial charge in [0.1, 0.15) is 5.75 Å². The molecule has 0 radical (unpaired) electrons. The van der Waals surface area contributed by atoms with Gasteiger partial charge in [0.05, 0.1) is 12.0 Å². The minimum Gasteiger partial charge on any atom is -0.497 e. The lowest BCUT2D eigenvalue weighted by molar-refractivity contribution is 0.0730. The Morgan fingerprint density at radius 3 is 2.12 bits per heavy atom. The topological polar surface area (TPSA) is 66.9 Å². The zero-order chi connectivity index (χ0) is 22.9. The molecular formula is C25H32N2O4S. The van der Waals surface area contributed by atoms with E-state index in [1.165, 1.54) is 0 Å². The Kier molecular flexibility index (Phi) is 6.58. The van der Waals surface area contributed by atoms with E-state index in [2.05, 4.69) is 13.8 Å². The number of ether oxygens (including phenoxy) is 1. The van der Waals surface area contributed by atoms with Gasteiger partial charge in [-0.05, 0) is 73.1 Å². The standard InChI is InChI=1S/C25H32N2O4S/c1-18-14-19(2)16-26(15-18)32(29,30)24-12-6-21(7-13-24)25(28)27(22-8-9-22)17-20-4-10-23(31-3)11-5-20/h4-7,10-13,18-19,22H,8-9,14-17H2,1-3H3. The third-order valence-corrected chi connectivity index (χ3v) is 8.18. The van der Waals surface area contributed by atoms with Crippen molar-refractivity contribution in [3.05, 3.63) is 59.7 Å². The van der Waals surface area contributed by atoms with Gasteiger partial charge in [-0.25, -0.2) is 8.42 Å². The van der Waals surface area contributed by atoms with Crippen LogP contribution in [0.2, 0.25) is 0 Å². The van der Waals surface area contributed by atoms with Gasteiger partial charge in [0.25, 0.3) is 5.91 Å². The van der Waals surface area contributed by atoms with E-state index in [0.717, 1.165) is 30.6 Å². The molecule has 4 rings (SSSR count). The molecule has 6 nitrogen and oxygen atoms in total. The number of hydrogen-bond acceptors (Lipinski definition) is 4. The number of amides is 1. The van der Waals surface area contributed by atoms with Crippen molar-refractivity contribution in [3.63, 3.8) is 0 Å². The Morgan fingerprint density at radius 2 is 1.59 bits per heavy atom. The van der Waals surface area contributed by atoms with E-state index in [9.17, 15) is 13.2 Å². The maximum absolute atomic E-state index is 13.2. The number of methoxy groups -OCH3 is 1. The molecule has 1 saturated carbocycles. The number of sulfonamides is 1. The molecule has 2 aromatic carbocycles. The monoisotopic (exact) mass is 456 g/mol. The lowest BCUT2D eigenvalue weighted by atomic mass is 9.94. The van der Waals surface area contributed by atoms with Crippen molar-refractivity contribution in [2.75, 3.05) is 20.2 Å². The molecule has 2 unspecified atom stereocenters. The van der Waals surface area contributed by atoms with Gasteiger partial charge in [-0.2, -0.15) is 4.31 Å². The normalized spacial score (nSPS) is 21.8. The number of benzene rings is 2. The Morgan fingerprint density at radius 1 is 1.00 bits per heavy atom. The summed E-state index contributed by atoms with van der Waals surface area (Å²) in [6, 6.07) is 14.4. The van der Waals surface area contributed by atoms with Crippen LogP contribution in [0.1, 0.15) is 49.0 Å². The molecule has 1 heterocycles. The molecule has 1 saturated heterocycles. The fourth-order valence-electron chi connectivity index (χ4n) is 4.57. The summed E-state index contributed by atoms with van der Waals surface area (Å²) in [6.07, 6.45) is 3.05. The molecule has 1 aliphatic heterocycles. The second kappa shape index (κ2) is 9.24. The van der Waals surface area contributed by atoms with Gasteiger partial charge in [0, 0.05) is 31.2 Å². The minimum atomic E-state index is -3.55. The quantitative estimate of drug-likeness (QED) is 0.627. The van der Waals surface area contributed by atoms with Gasteiger partial charge in [-0.3, -0.25) is 4.79 Å². The fourth-order valence-corrected chi connectivity index (χ4v) is 6.25. The van der Waals surface area contributed by atoms with Crippen molar-refractivity contribution in [3.8, 4) is 5.75 Å². The smallest absolute Gasteiger partial charge is 0.254 e. The first-order chi connectivity index (χ1) is 15.3. The molecule has 32 heavy (non-hydrogen) atoms. The highest BCUT2D eigenvalue weighted by molar-refractivity contribution is 7.89. The van der Waals surface area contributed by atoms with Gasteiger partial charge in [-0.1, -0.05) is 26.0 Å². The fraction of sp³-hybridized carbons (Fsp3) is 0.480. The van der Waals surface area contributed by atoms with Crippen molar-refractivity contribution in [2.45, 2.75) is 50.6 Å². The molecule has 172 valence electrons. The third-order valence-electron chi connectivity index (χ3n) is 6.33. The van der Waals surface area contributed by atoms with Crippen LogP contribution >= 0.6 is 0 Å². The molecule has 2 aromatic rings. The van der Waals surface area contributed by atoms with Gasteiger partial charge >= 0.3 is 0 Å². The first kappa shape index (κ1) is 22.8. The number of carbonyl (C=O) groups is 1. The van der Waals surface area contributed by atoms with E-state index in [0.29, 0.717) is 37.0 Å². The van der Waals surface area contributed by atoms with Crippen LogP contribution in [-0.4, -0.2) is 49.8 Å². The second-order valence-corrected chi connectivity index (χ2v) is 11.2. The summed E-state index contributed by atoms with van der Waals surface area (Å²) in [5.41, 5.74) is 1.56. The summed E-state index contributed by atoms with van der Waals surface area (Å²) in [6.45, 7) is 5.80. The van der Waals surface area contributed by atoms with Crippen LogP contribution in [0.3, 0.4) is 0 Å². The Labute approximate surface area is 191 Å². The zero-order valence-electron chi connectivity index (χ0n) is 19.0. The molecule has 0 spiro atoms. The number of piperidine rings is 1. The molecule has 1 amide bonds. The van der Waals surface area contributed by atoms with E-state index >= 15 is 0 Å². The molecule has 2 atom stereocenters. The Hall–Kier alpha value is -2.38. The molecule has 0 bridgehead atoms. The predicted octanol–water partition coefficient (Wildman–Crippen LogP) is 4.17. The van der Waals surface area contributed by atoms with Gasteiger partial charge in [-0.15, -0.1) is 0 Å². The number of nitrogens with zero attached hydrogens (tertiary/aromatic N) is 2. The maximum atomic E-state index is 13.2. The van der Waals surface area contributed by atoms with Crippen LogP contribution in [0.15, 0.2) is 53.4 Å². The average molecular weight is 457 g/mol. The number of carbonyl (C=O) groups excluding carboxylic acids is 1. The second-order valence-electron chi connectivity index (χ2n) is 9.30. The van der Waals surface area contributed by atoms with Crippen molar-refractivity contribution in [1.29, 1.82) is 0 Å². The molecule has 2 aliphatic rings. The van der Waals surface area contributed by atoms with Crippen LogP contribution in [0, 0.1) is 11.8 Å². The van der Waals surface area contributed by atoms with Crippen molar-refractivity contribution in [2.24, 2.45) is 11.8 Å². The third kappa shape index (κ3) is 4.99. The Bertz CT molecular complexity index is 1040. The average Bonchev–Trinajstić information content (AvgIpc) is 3.62. The zero-order valence-corrected chi connectivity index (χ0v) is 19.8. The highest BCUT2D eigenvalue weighted by Crippen LogP contribution is 2.31. The van der Waals surface area contributed by atoms with Gasteiger partial charge in [0.2, 0.25) is 10.0 Å². The Balaban J connectivity index is 1.50. The SMILES string of the molecule is COc1ccc(CN(C(=O)c2ccc(S(=O)(=O)N3CC(C)CC(C)C3)cc2)C2CC2)cc1. The van der Waals surface area contributed by atoms with E-state index in [1.807, 2.05) is 29.2 Å². The van der Waals surface area contributed by atoms with Crippen molar-refractivity contribution in [1.82, 2.24) is 9.21 Å². The maximum Gasteiger partial charge on any atom is 0.254 e. The van der Waals surface area contributed by atoms with E-state index in [1.54, 1.807) is 35.7 Å². The molecule has 0 aromatic heterocycles. The molecular weight excluding hydrogens is 424 g/mol. The summed E-state index contributed by atoms with van der Waals surface area (Å²) in [5.74, 6) is 1.42. The molecule has 2 fully saturated rings. The molecule has 1 aliphatic carbocycles. The van der Waals surface area contributed by atoms with E-state index < -0.39 is 10.0 Å². The van der Waals surface area contributed by atoms with Crippen LogP contribution in [0.4, 0.5) is 0 Å². The summed E-state index contributed by atoms with van der Waals surface area (Å²) < 4.78 is 33.0.